The van der Waals surface area contributed by atoms with Gasteiger partial charge in [-0.05, 0) is 51.7 Å². The molecule has 2 aromatic heterocycles. The molecular formula is C16H14BrN3. The number of halogens is 1. The second kappa shape index (κ2) is 5.69. The van der Waals surface area contributed by atoms with E-state index in [9.17, 15) is 0 Å². The maximum absolute atomic E-state index is 6.31. The number of nitrogens with two attached hydrogens (primary N) is 1. The molecule has 1 atom stereocenters. The summed E-state index contributed by atoms with van der Waals surface area (Å²) in [6.07, 6.45) is 6.18. The van der Waals surface area contributed by atoms with Crippen LogP contribution in [-0.2, 0) is 6.42 Å². The van der Waals surface area contributed by atoms with Crippen molar-refractivity contribution in [2.75, 3.05) is 0 Å². The highest BCUT2D eigenvalue weighted by molar-refractivity contribution is 9.10. The Morgan fingerprint density at radius 2 is 2.00 bits per heavy atom. The number of hydrogen-bond acceptors (Lipinski definition) is 3. The fraction of sp³-hybridized carbons (Fsp3) is 0.125. The van der Waals surface area contributed by atoms with E-state index >= 15 is 0 Å². The van der Waals surface area contributed by atoms with Crippen LogP contribution in [0, 0.1) is 0 Å². The third kappa shape index (κ3) is 2.71. The summed E-state index contributed by atoms with van der Waals surface area (Å²) in [7, 11) is 0. The minimum Gasteiger partial charge on any atom is -0.324 e. The fourth-order valence-corrected chi connectivity index (χ4v) is 2.70. The monoisotopic (exact) mass is 327 g/mol. The summed E-state index contributed by atoms with van der Waals surface area (Å²) in [5, 5.41) is 1.16. The first-order valence-electron chi connectivity index (χ1n) is 6.43. The second-order valence-corrected chi connectivity index (χ2v) is 5.65. The summed E-state index contributed by atoms with van der Waals surface area (Å²) >= 11 is 3.43. The highest BCUT2D eigenvalue weighted by Gasteiger charge is 2.10. The standard InChI is InChI=1S/C16H14BrN3/c17-13-7-12(9-19-10-13)15(18)8-11-5-6-20-16-4-2-1-3-14(11)16/h1-7,9-10,15H,8,18H2. The lowest BCUT2D eigenvalue weighted by atomic mass is 9.98. The van der Waals surface area contributed by atoms with Crippen LogP contribution < -0.4 is 5.73 Å². The van der Waals surface area contributed by atoms with E-state index in [-0.39, 0.29) is 6.04 Å². The first-order valence-corrected chi connectivity index (χ1v) is 7.22. The number of para-hydroxylation sites is 1. The molecule has 0 radical (unpaired) electrons. The van der Waals surface area contributed by atoms with E-state index < -0.39 is 0 Å². The molecule has 0 aliphatic heterocycles. The van der Waals surface area contributed by atoms with Gasteiger partial charge >= 0.3 is 0 Å². The fourth-order valence-electron chi connectivity index (χ4n) is 2.32. The Balaban J connectivity index is 1.93. The molecular weight excluding hydrogens is 314 g/mol. The number of benzene rings is 1. The number of nitrogens with zero attached hydrogens (tertiary/aromatic N) is 2. The van der Waals surface area contributed by atoms with Gasteiger partial charge in [-0.25, -0.2) is 0 Å². The number of rotatable bonds is 3. The molecule has 0 spiro atoms. The van der Waals surface area contributed by atoms with Crippen LogP contribution >= 0.6 is 15.9 Å². The van der Waals surface area contributed by atoms with Crippen molar-refractivity contribution in [2.24, 2.45) is 5.73 Å². The molecule has 0 fully saturated rings. The summed E-state index contributed by atoms with van der Waals surface area (Å²) in [4.78, 5) is 8.55. The van der Waals surface area contributed by atoms with Gasteiger partial charge in [-0.1, -0.05) is 18.2 Å². The van der Waals surface area contributed by atoms with Crippen molar-refractivity contribution < 1.29 is 0 Å². The molecule has 0 saturated carbocycles. The lowest BCUT2D eigenvalue weighted by Gasteiger charge is -2.13. The zero-order valence-electron chi connectivity index (χ0n) is 10.8. The molecule has 2 heterocycles. The van der Waals surface area contributed by atoms with Crippen molar-refractivity contribution in [3.63, 3.8) is 0 Å². The third-order valence-corrected chi connectivity index (χ3v) is 3.77. The van der Waals surface area contributed by atoms with Crippen molar-refractivity contribution >= 4 is 26.8 Å². The van der Waals surface area contributed by atoms with Gasteiger partial charge in [0.25, 0.3) is 0 Å². The van der Waals surface area contributed by atoms with Crippen molar-refractivity contribution in [1.29, 1.82) is 0 Å². The molecule has 0 aliphatic rings. The number of hydrogen-bond donors (Lipinski definition) is 1. The lowest BCUT2D eigenvalue weighted by Crippen LogP contribution is -2.14. The first kappa shape index (κ1) is 13.2. The van der Waals surface area contributed by atoms with Gasteiger partial charge in [0.15, 0.2) is 0 Å². The van der Waals surface area contributed by atoms with Crippen LogP contribution in [0.5, 0.6) is 0 Å². The molecule has 0 amide bonds. The van der Waals surface area contributed by atoms with E-state index in [1.54, 1.807) is 6.20 Å². The zero-order chi connectivity index (χ0) is 13.9. The summed E-state index contributed by atoms with van der Waals surface area (Å²) in [5.74, 6) is 0. The van der Waals surface area contributed by atoms with Gasteiger partial charge in [-0.2, -0.15) is 0 Å². The quantitative estimate of drug-likeness (QED) is 0.799. The molecule has 1 aromatic carbocycles. The van der Waals surface area contributed by atoms with Gasteiger partial charge in [-0.15, -0.1) is 0 Å². The van der Waals surface area contributed by atoms with E-state index in [0.717, 1.165) is 27.4 Å². The molecule has 1 unspecified atom stereocenters. The summed E-state index contributed by atoms with van der Waals surface area (Å²) in [6, 6.07) is 12.1. The van der Waals surface area contributed by atoms with Crippen LogP contribution in [0.4, 0.5) is 0 Å². The minimum atomic E-state index is -0.0780. The van der Waals surface area contributed by atoms with Crippen LogP contribution in [0.15, 0.2) is 59.5 Å². The van der Waals surface area contributed by atoms with Gasteiger partial charge < -0.3 is 5.73 Å². The normalized spacial score (nSPS) is 12.5. The molecule has 0 aliphatic carbocycles. The zero-order valence-corrected chi connectivity index (χ0v) is 12.4. The Morgan fingerprint density at radius 3 is 2.85 bits per heavy atom. The Morgan fingerprint density at radius 1 is 1.15 bits per heavy atom. The van der Waals surface area contributed by atoms with Gasteiger partial charge in [0.1, 0.15) is 0 Å². The maximum atomic E-state index is 6.31. The van der Waals surface area contributed by atoms with Crippen LogP contribution in [0.1, 0.15) is 17.2 Å². The molecule has 3 nitrogen and oxygen atoms in total. The highest BCUT2D eigenvalue weighted by atomic mass is 79.9. The van der Waals surface area contributed by atoms with Crippen LogP contribution in [0.25, 0.3) is 10.9 Å². The van der Waals surface area contributed by atoms with Gasteiger partial charge in [0.05, 0.1) is 5.52 Å². The van der Waals surface area contributed by atoms with Crippen molar-refractivity contribution in [3.8, 4) is 0 Å². The first-order chi connectivity index (χ1) is 9.74. The Hall–Kier alpha value is -1.78. The summed E-state index contributed by atoms with van der Waals surface area (Å²) in [5.41, 5.74) is 9.55. The largest absolute Gasteiger partial charge is 0.324 e. The van der Waals surface area contributed by atoms with Crippen LogP contribution in [0.3, 0.4) is 0 Å². The smallest absolute Gasteiger partial charge is 0.0704 e. The molecule has 20 heavy (non-hydrogen) atoms. The third-order valence-electron chi connectivity index (χ3n) is 3.33. The predicted octanol–water partition coefficient (Wildman–Crippen LogP) is 3.63. The minimum absolute atomic E-state index is 0.0780. The molecule has 100 valence electrons. The molecule has 0 saturated heterocycles. The predicted molar refractivity (Wildman–Crippen MR) is 84.3 cm³/mol. The number of pyridine rings is 2. The maximum Gasteiger partial charge on any atom is 0.0704 e. The average Bonchev–Trinajstić information content (AvgIpc) is 2.47. The highest BCUT2D eigenvalue weighted by Crippen LogP contribution is 2.23. The number of fused-ring (bicyclic) bond motifs is 1. The SMILES string of the molecule is NC(Cc1ccnc2ccccc12)c1cncc(Br)c1. The van der Waals surface area contributed by atoms with Crippen LogP contribution in [-0.4, -0.2) is 9.97 Å². The molecule has 3 aromatic rings. The molecule has 0 bridgehead atoms. The van der Waals surface area contributed by atoms with E-state index in [0.29, 0.717) is 0 Å². The molecule has 4 heteroatoms. The van der Waals surface area contributed by atoms with Gasteiger partial charge in [0.2, 0.25) is 0 Å². The summed E-state index contributed by atoms with van der Waals surface area (Å²) < 4.78 is 0.949. The van der Waals surface area contributed by atoms with E-state index in [1.807, 2.05) is 42.7 Å². The van der Waals surface area contributed by atoms with Gasteiger partial charge in [-0.3, -0.25) is 9.97 Å². The van der Waals surface area contributed by atoms with Crippen LogP contribution in [0.2, 0.25) is 0 Å². The molecule has 3 rings (SSSR count). The lowest BCUT2D eigenvalue weighted by molar-refractivity contribution is 0.720. The second-order valence-electron chi connectivity index (χ2n) is 4.73. The summed E-state index contributed by atoms with van der Waals surface area (Å²) in [6.45, 7) is 0. The number of aromatic nitrogens is 2. The van der Waals surface area contributed by atoms with E-state index in [2.05, 4.69) is 32.0 Å². The van der Waals surface area contributed by atoms with Gasteiger partial charge in [0, 0.05) is 34.5 Å². The Kier molecular flexibility index (Phi) is 3.76. The molecule has 2 N–H and O–H groups in total. The van der Waals surface area contributed by atoms with Crippen molar-refractivity contribution in [1.82, 2.24) is 9.97 Å². The Bertz CT molecular complexity index is 737. The van der Waals surface area contributed by atoms with E-state index in [4.69, 9.17) is 5.73 Å². The van der Waals surface area contributed by atoms with E-state index in [1.165, 1.54) is 5.56 Å². The average molecular weight is 328 g/mol. The van der Waals surface area contributed by atoms with Crippen molar-refractivity contribution in [2.45, 2.75) is 12.5 Å². The van der Waals surface area contributed by atoms with Crippen molar-refractivity contribution in [3.05, 3.63) is 70.6 Å². The topological polar surface area (TPSA) is 51.8 Å². The Labute approximate surface area is 126 Å².